The largest absolute Gasteiger partial charge is 0.309 e. The summed E-state index contributed by atoms with van der Waals surface area (Å²) in [4.78, 5) is 4.06. The topological polar surface area (TPSA) is 38.0 Å². The zero-order chi connectivity index (χ0) is 41.7. The fourth-order valence-electron chi connectivity index (χ4n) is 8.43. The molecule has 0 aliphatic heterocycles. The van der Waals surface area contributed by atoms with E-state index in [9.17, 15) is 5.26 Å². The van der Waals surface area contributed by atoms with Crippen molar-refractivity contribution in [2.45, 2.75) is 105 Å². The van der Waals surface area contributed by atoms with Crippen LogP contribution in [0.4, 0.5) is 5.69 Å². The number of hydrogen-bond acceptors (Lipinski definition) is 1. The molecule has 0 atom stereocenters. The van der Waals surface area contributed by atoms with Crippen molar-refractivity contribution in [1.29, 1.82) is 5.26 Å². The summed E-state index contributed by atoms with van der Waals surface area (Å²) in [5, 5.41) is 15.4. The summed E-state index contributed by atoms with van der Waals surface area (Å²) in [6.07, 6.45) is 0. The smallest absolute Gasteiger partial charge is 0.195 e. The molecule has 0 aliphatic rings. The summed E-state index contributed by atoms with van der Waals surface area (Å²) in [6, 6.07) is 42.1. The molecule has 6 aromatic carbocycles. The van der Waals surface area contributed by atoms with Crippen LogP contribution in [0.5, 0.6) is 0 Å². The number of fused-ring (bicyclic) bond motifs is 6. The molecule has 0 amide bonds. The van der Waals surface area contributed by atoms with Gasteiger partial charge in [-0.15, -0.1) is 0 Å². The van der Waals surface area contributed by atoms with Gasteiger partial charge in [0.2, 0.25) is 0 Å². The molecule has 2 aromatic heterocycles. The van der Waals surface area contributed by atoms with Gasteiger partial charge in [0.15, 0.2) is 5.69 Å². The number of aromatic nitrogens is 2. The molecule has 0 aliphatic carbocycles. The molecule has 0 unspecified atom stereocenters. The molecular weight excluding hydrogens is 705 g/mol. The van der Waals surface area contributed by atoms with E-state index in [-0.39, 0.29) is 21.7 Å². The molecule has 4 heteroatoms. The fourth-order valence-corrected chi connectivity index (χ4v) is 8.43. The number of rotatable bonds is 3. The van der Waals surface area contributed by atoms with Crippen LogP contribution in [0.3, 0.4) is 0 Å². The van der Waals surface area contributed by atoms with Crippen molar-refractivity contribution in [3.63, 3.8) is 0 Å². The summed E-state index contributed by atoms with van der Waals surface area (Å²) < 4.78 is 4.72. The van der Waals surface area contributed by atoms with Crippen LogP contribution in [0.2, 0.25) is 0 Å². The zero-order valence-corrected chi connectivity index (χ0v) is 36.2. The molecule has 0 bridgehead atoms. The molecule has 0 N–H and O–H groups in total. The van der Waals surface area contributed by atoms with E-state index in [1.807, 2.05) is 12.1 Å². The molecule has 290 valence electrons. The highest BCUT2D eigenvalue weighted by Crippen LogP contribution is 2.43. The fraction of sp³-hybridized carbons (Fsp3) is 0.296. The second-order valence-electron chi connectivity index (χ2n) is 20.3. The van der Waals surface area contributed by atoms with Gasteiger partial charge in [0.05, 0.1) is 40.3 Å². The van der Waals surface area contributed by atoms with Crippen LogP contribution in [-0.4, -0.2) is 9.13 Å². The van der Waals surface area contributed by atoms with Crippen LogP contribution in [0.15, 0.2) is 109 Å². The van der Waals surface area contributed by atoms with E-state index in [0.717, 1.165) is 44.6 Å². The maximum Gasteiger partial charge on any atom is 0.195 e. The number of nitriles is 1. The first kappa shape index (κ1) is 38.8. The van der Waals surface area contributed by atoms with Crippen molar-refractivity contribution < 1.29 is 0 Å². The Kier molecular flexibility index (Phi) is 8.84. The monoisotopic (exact) mass is 758 g/mol. The van der Waals surface area contributed by atoms with Crippen molar-refractivity contribution in [2.24, 2.45) is 0 Å². The van der Waals surface area contributed by atoms with E-state index >= 15 is 0 Å². The zero-order valence-electron chi connectivity index (χ0n) is 36.2. The van der Waals surface area contributed by atoms with Crippen LogP contribution in [0.1, 0.15) is 111 Å². The molecule has 0 saturated carbocycles. The Balaban J connectivity index is 1.43. The lowest BCUT2D eigenvalue weighted by atomic mass is 9.86. The molecule has 8 rings (SSSR count). The Bertz CT molecular complexity index is 2700. The Hall–Kier alpha value is -6.10. The molecular formula is C54H54N4. The third-order valence-corrected chi connectivity index (χ3v) is 12.0. The van der Waals surface area contributed by atoms with Crippen molar-refractivity contribution in [1.82, 2.24) is 9.13 Å². The molecule has 0 radical (unpaired) electrons. The van der Waals surface area contributed by atoms with Gasteiger partial charge in [0, 0.05) is 32.9 Å². The van der Waals surface area contributed by atoms with E-state index in [2.05, 4.69) is 200 Å². The van der Waals surface area contributed by atoms with Gasteiger partial charge in [-0.05, 0) is 110 Å². The van der Waals surface area contributed by atoms with E-state index in [1.54, 1.807) is 0 Å². The predicted molar refractivity (Wildman–Crippen MR) is 246 cm³/mol. The normalized spacial score (nSPS) is 12.8. The lowest BCUT2D eigenvalue weighted by Crippen LogP contribution is -2.11. The molecule has 0 spiro atoms. The Labute approximate surface area is 344 Å². The maximum atomic E-state index is 10.7. The number of nitrogens with zero attached hydrogens (tertiary/aromatic N) is 4. The summed E-state index contributed by atoms with van der Waals surface area (Å²) in [5.74, 6) is 0. The van der Waals surface area contributed by atoms with Crippen LogP contribution in [0, 0.1) is 17.9 Å². The Morgan fingerprint density at radius 2 is 0.759 bits per heavy atom. The average molecular weight is 759 g/mol. The first-order chi connectivity index (χ1) is 27.2. The molecule has 8 aromatic rings. The lowest BCUT2D eigenvalue weighted by molar-refractivity contribution is 0.590. The first-order valence-electron chi connectivity index (χ1n) is 20.4. The van der Waals surface area contributed by atoms with Gasteiger partial charge in [-0.1, -0.05) is 138 Å². The van der Waals surface area contributed by atoms with Crippen LogP contribution in [0.25, 0.3) is 71.0 Å². The highest BCUT2D eigenvalue weighted by molar-refractivity contribution is 6.11. The van der Waals surface area contributed by atoms with Gasteiger partial charge in [-0.3, -0.25) is 0 Å². The minimum atomic E-state index is -0.0407. The maximum absolute atomic E-state index is 10.7. The minimum absolute atomic E-state index is 0.0403. The second kappa shape index (κ2) is 13.2. The van der Waals surface area contributed by atoms with Crippen molar-refractivity contribution in [3.05, 3.63) is 148 Å². The van der Waals surface area contributed by atoms with Crippen molar-refractivity contribution in [2.75, 3.05) is 0 Å². The predicted octanol–water partition coefficient (Wildman–Crippen LogP) is 15.2. The molecule has 2 heterocycles. The van der Waals surface area contributed by atoms with Crippen LogP contribution >= 0.6 is 0 Å². The van der Waals surface area contributed by atoms with Crippen molar-refractivity contribution >= 4 is 49.3 Å². The highest BCUT2D eigenvalue weighted by Gasteiger charge is 2.24. The Morgan fingerprint density at radius 1 is 0.431 bits per heavy atom. The third kappa shape index (κ3) is 6.46. The van der Waals surface area contributed by atoms with E-state index in [1.165, 1.54) is 43.8 Å². The van der Waals surface area contributed by atoms with E-state index in [0.29, 0.717) is 11.3 Å². The minimum Gasteiger partial charge on any atom is -0.309 e. The van der Waals surface area contributed by atoms with E-state index < -0.39 is 0 Å². The van der Waals surface area contributed by atoms with Crippen LogP contribution in [-0.2, 0) is 21.7 Å². The number of hydrogen-bond donors (Lipinski definition) is 0. The summed E-state index contributed by atoms with van der Waals surface area (Å²) in [5.41, 5.74) is 13.8. The van der Waals surface area contributed by atoms with Gasteiger partial charge in [0.1, 0.15) is 0 Å². The standard InChI is InChI=1S/C54H54N4/c1-51(2,3)34-15-21-40-41-22-16-35(52(4,5)6)27-48(41)57(47(40)26-34)38-19-14-33(32-55)44(30-38)45-31-39(20-25-46(45)56-13)58-49-28-36(53(7,8)9)17-23-42(49)43-24-18-37(29-50(43)58)54(10,11)12/h14-31H,1-12H3. The van der Waals surface area contributed by atoms with Gasteiger partial charge in [-0.25, -0.2) is 4.85 Å². The SMILES string of the molecule is [C-]#[N+]c1ccc(-n2c3cc(C(C)(C)C)ccc3c3ccc(C(C)(C)C)cc32)cc1-c1cc(-n2c3cc(C(C)(C)C)ccc3c3ccc(C(C)(C)C)cc32)ccc1C#N. The first-order valence-corrected chi connectivity index (χ1v) is 20.4. The molecule has 58 heavy (non-hydrogen) atoms. The molecule has 0 saturated heterocycles. The van der Waals surface area contributed by atoms with E-state index in [4.69, 9.17) is 6.57 Å². The second-order valence-corrected chi connectivity index (χ2v) is 20.3. The van der Waals surface area contributed by atoms with Crippen LogP contribution < -0.4 is 0 Å². The Morgan fingerprint density at radius 3 is 1.07 bits per heavy atom. The van der Waals surface area contributed by atoms with Gasteiger partial charge in [-0.2, -0.15) is 5.26 Å². The molecule has 0 fully saturated rings. The van der Waals surface area contributed by atoms with Crippen molar-refractivity contribution in [3.8, 4) is 28.6 Å². The van der Waals surface area contributed by atoms with Gasteiger partial charge >= 0.3 is 0 Å². The average Bonchev–Trinajstić information content (AvgIpc) is 3.67. The quantitative estimate of drug-likeness (QED) is 0.165. The summed E-state index contributed by atoms with van der Waals surface area (Å²) >= 11 is 0. The summed E-state index contributed by atoms with van der Waals surface area (Å²) in [7, 11) is 0. The van der Waals surface area contributed by atoms with Gasteiger partial charge < -0.3 is 9.13 Å². The third-order valence-electron chi connectivity index (χ3n) is 12.0. The lowest BCUT2D eigenvalue weighted by Gasteiger charge is -2.21. The molecule has 4 nitrogen and oxygen atoms in total. The number of benzene rings is 6. The summed E-state index contributed by atoms with van der Waals surface area (Å²) in [6.45, 7) is 35.4. The highest BCUT2D eigenvalue weighted by atomic mass is 15.0. The van der Waals surface area contributed by atoms with Gasteiger partial charge in [0.25, 0.3) is 0 Å².